The van der Waals surface area contributed by atoms with Gasteiger partial charge in [0.15, 0.2) is 13.1 Å². The molecule has 0 radical (unpaired) electrons. The van der Waals surface area contributed by atoms with Crippen LogP contribution in [0.25, 0.3) is 0 Å². The molecule has 1 aliphatic rings. The summed E-state index contributed by atoms with van der Waals surface area (Å²) in [6, 6.07) is 6.68. The van der Waals surface area contributed by atoms with Crippen molar-refractivity contribution in [3.63, 3.8) is 0 Å². The number of urea groups is 1. The number of hydrogen-bond acceptors (Lipinski definition) is 4. The molecule has 1 saturated carbocycles. The van der Waals surface area contributed by atoms with Crippen LogP contribution in [-0.4, -0.2) is 51.1 Å². The average Bonchev–Trinajstić information content (AvgIpc) is 3.07. The summed E-state index contributed by atoms with van der Waals surface area (Å²) < 4.78 is 5.06. The van der Waals surface area contributed by atoms with Crippen molar-refractivity contribution < 1.29 is 24.0 Å². The fourth-order valence-corrected chi connectivity index (χ4v) is 2.95. The number of likely N-dealkylation sites (N-methyl/N-ethyl adjacent to an activating group) is 1. The van der Waals surface area contributed by atoms with Gasteiger partial charge in [0.1, 0.15) is 5.75 Å². The molecule has 0 spiro atoms. The molecule has 0 saturated heterocycles. The van der Waals surface area contributed by atoms with Gasteiger partial charge in [0, 0.05) is 11.7 Å². The molecule has 0 heterocycles. The standard InChI is InChI=1S/C18H26N4O4/c1-22(11-16(23)19-14-7-9-15(26-2)10-8-14)12-17(24)21-18(25)20-13-5-3-4-6-13/h7-10,13H,3-6,11-12H2,1-2H3,(H,19,23)(H2,20,21,24,25)/p+1. The zero-order valence-electron chi connectivity index (χ0n) is 15.3. The Kier molecular flexibility index (Phi) is 7.40. The van der Waals surface area contributed by atoms with E-state index < -0.39 is 11.9 Å². The molecule has 0 aromatic heterocycles. The predicted molar refractivity (Wildman–Crippen MR) is 97.2 cm³/mol. The molecule has 8 nitrogen and oxygen atoms in total. The first-order valence-electron chi connectivity index (χ1n) is 8.82. The lowest BCUT2D eigenvalue weighted by Gasteiger charge is -2.15. The highest BCUT2D eigenvalue weighted by Crippen LogP contribution is 2.17. The molecule has 1 unspecified atom stereocenters. The van der Waals surface area contributed by atoms with E-state index >= 15 is 0 Å². The quantitative estimate of drug-likeness (QED) is 0.544. The van der Waals surface area contributed by atoms with E-state index in [0.717, 1.165) is 25.7 Å². The van der Waals surface area contributed by atoms with Crippen LogP contribution in [-0.2, 0) is 9.59 Å². The molecule has 0 bridgehead atoms. The van der Waals surface area contributed by atoms with Crippen LogP contribution in [0.5, 0.6) is 5.75 Å². The number of ether oxygens (including phenoxy) is 1. The molecule has 1 aromatic carbocycles. The highest BCUT2D eigenvalue weighted by atomic mass is 16.5. The van der Waals surface area contributed by atoms with Crippen LogP contribution in [0.1, 0.15) is 25.7 Å². The molecule has 2 rings (SSSR count). The van der Waals surface area contributed by atoms with Crippen LogP contribution in [0.2, 0.25) is 0 Å². The minimum absolute atomic E-state index is 0.0358. The maximum absolute atomic E-state index is 12.0. The summed E-state index contributed by atoms with van der Waals surface area (Å²) in [6.07, 6.45) is 4.13. The van der Waals surface area contributed by atoms with Crippen molar-refractivity contribution in [2.45, 2.75) is 31.7 Å². The van der Waals surface area contributed by atoms with Crippen molar-refractivity contribution in [3.05, 3.63) is 24.3 Å². The monoisotopic (exact) mass is 363 g/mol. The van der Waals surface area contributed by atoms with E-state index in [1.165, 1.54) is 0 Å². The second-order valence-electron chi connectivity index (χ2n) is 6.59. The van der Waals surface area contributed by atoms with E-state index in [0.29, 0.717) is 16.3 Å². The number of carbonyl (C=O) groups excluding carboxylic acids is 3. The summed E-state index contributed by atoms with van der Waals surface area (Å²) >= 11 is 0. The van der Waals surface area contributed by atoms with Gasteiger partial charge in [-0.3, -0.25) is 14.9 Å². The third kappa shape index (κ3) is 6.72. The molecular formula is C18H27N4O4+. The molecule has 8 heteroatoms. The molecule has 0 aliphatic heterocycles. The minimum Gasteiger partial charge on any atom is -0.497 e. The lowest BCUT2D eigenvalue weighted by atomic mass is 10.2. The third-order valence-electron chi connectivity index (χ3n) is 4.24. The van der Waals surface area contributed by atoms with E-state index in [1.807, 2.05) is 0 Å². The Labute approximate surface area is 153 Å². The Morgan fingerprint density at radius 2 is 1.69 bits per heavy atom. The average molecular weight is 363 g/mol. The first-order valence-corrected chi connectivity index (χ1v) is 8.82. The molecule has 4 N–H and O–H groups in total. The van der Waals surface area contributed by atoms with Gasteiger partial charge in [-0.1, -0.05) is 12.8 Å². The lowest BCUT2D eigenvalue weighted by Crippen LogP contribution is -3.11. The van der Waals surface area contributed by atoms with Crippen molar-refractivity contribution in [3.8, 4) is 5.75 Å². The first-order chi connectivity index (χ1) is 12.5. The zero-order chi connectivity index (χ0) is 18.9. The van der Waals surface area contributed by atoms with Gasteiger partial charge >= 0.3 is 6.03 Å². The fourth-order valence-electron chi connectivity index (χ4n) is 2.95. The van der Waals surface area contributed by atoms with Gasteiger partial charge in [-0.05, 0) is 37.1 Å². The zero-order valence-corrected chi connectivity index (χ0v) is 15.3. The maximum atomic E-state index is 12.0. The van der Waals surface area contributed by atoms with Crippen LogP contribution < -0.4 is 25.6 Å². The number of methoxy groups -OCH3 is 1. The number of benzene rings is 1. The van der Waals surface area contributed by atoms with Gasteiger partial charge in [-0.25, -0.2) is 4.79 Å². The van der Waals surface area contributed by atoms with Crippen LogP contribution >= 0.6 is 0 Å². The van der Waals surface area contributed by atoms with Crippen LogP contribution in [0, 0.1) is 0 Å². The lowest BCUT2D eigenvalue weighted by molar-refractivity contribution is -0.862. The van der Waals surface area contributed by atoms with Crippen LogP contribution in [0.15, 0.2) is 24.3 Å². The van der Waals surface area contributed by atoms with Gasteiger partial charge in [0.2, 0.25) is 0 Å². The van der Waals surface area contributed by atoms with Gasteiger partial charge in [0.05, 0.1) is 14.2 Å². The first kappa shape index (κ1) is 19.7. The Balaban J connectivity index is 1.68. The molecule has 1 aromatic rings. The highest BCUT2D eigenvalue weighted by Gasteiger charge is 2.20. The Morgan fingerprint density at radius 3 is 2.31 bits per heavy atom. The smallest absolute Gasteiger partial charge is 0.321 e. The van der Waals surface area contributed by atoms with Crippen LogP contribution in [0.3, 0.4) is 0 Å². The number of hydrogen-bond donors (Lipinski definition) is 4. The molecule has 1 aliphatic carbocycles. The molecular weight excluding hydrogens is 336 g/mol. The molecule has 26 heavy (non-hydrogen) atoms. The van der Waals surface area contributed by atoms with Crippen molar-refractivity contribution in [2.75, 3.05) is 32.6 Å². The summed E-state index contributed by atoms with van der Waals surface area (Å²) in [5, 5.41) is 7.87. The van der Waals surface area contributed by atoms with Gasteiger partial charge < -0.3 is 20.3 Å². The second kappa shape index (κ2) is 9.76. The summed E-state index contributed by atoms with van der Waals surface area (Å²) in [5.74, 6) is 0.0874. The topological polar surface area (TPSA) is 101 Å². The predicted octanol–water partition coefficient (Wildman–Crippen LogP) is -0.0832. The van der Waals surface area contributed by atoms with E-state index in [-0.39, 0.29) is 25.0 Å². The summed E-state index contributed by atoms with van der Waals surface area (Å²) in [7, 11) is 3.30. The Bertz CT molecular complexity index is 627. The molecule has 1 fully saturated rings. The molecule has 142 valence electrons. The van der Waals surface area contributed by atoms with E-state index in [1.54, 1.807) is 38.4 Å². The minimum atomic E-state index is -0.461. The van der Waals surface area contributed by atoms with Crippen molar-refractivity contribution in [1.82, 2.24) is 10.6 Å². The number of rotatable bonds is 7. The van der Waals surface area contributed by atoms with E-state index in [4.69, 9.17) is 4.74 Å². The Hall–Kier alpha value is -2.61. The van der Waals surface area contributed by atoms with Gasteiger partial charge in [-0.15, -0.1) is 0 Å². The Morgan fingerprint density at radius 1 is 1.08 bits per heavy atom. The van der Waals surface area contributed by atoms with Crippen molar-refractivity contribution >= 4 is 23.5 Å². The van der Waals surface area contributed by atoms with E-state index in [2.05, 4.69) is 16.0 Å². The normalized spacial score (nSPS) is 15.2. The number of amides is 4. The molecule has 4 amide bonds. The van der Waals surface area contributed by atoms with Crippen molar-refractivity contribution in [1.29, 1.82) is 0 Å². The summed E-state index contributed by atoms with van der Waals surface area (Å²) in [4.78, 5) is 36.4. The second-order valence-corrected chi connectivity index (χ2v) is 6.59. The number of quaternary nitrogens is 1. The maximum Gasteiger partial charge on any atom is 0.321 e. The summed E-state index contributed by atoms with van der Waals surface area (Å²) in [5.41, 5.74) is 0.656. The molecule has 1 atom stereocenters. The van der Waals surface area contributed by atoms with Crippen LogP contribution in [0.4, 0.5) is 10.5 Å². The number of anilines is 1. The van der Waals surface area contributed by atoms with Gasteiger partial charge in [0.25, 0.3) is 11.8 Å². The third-order valence-corrected chi connectivity index (χ3v) is 4.24. The fraction of sp³-hybridized carbons (Fsp3) is 0.500. The van der Waals surface area contributed by atoms with Gasteiger partial charge in [-0.2, -0.15) is 0 Å². The largest absolute Gasteiger partial charge is 0.497 e. The number of carbonyl (C=O) groups is 3. The summed E-state index contributed by atoms with van der Waals surface area (Å²) in [6.45, 7) is 0.151. The van der Waals surface area contributed by atoms with E-state index in [9.17, 15) is 14.4 Å². The van der Waals surface area contributed by atoms with Crippen molar-refractivity contribution in [2.24, 2.45) is 0 Å². The SMILES string of the molecule is COc1ccc(NC(=O)C[NH+](C)CC(=O)NC(=O)NC2CCCC2)cc1. The number of nitrogens with one attached hydrogen (secondary N) is 4. The number of imide groups is 1. The highest BCUT2D eigenvalue weighted by molar-refractivity contribution is 5.95.